The van der Waals surface area contributed by atoms with E-state index in [1.165, 1.54) is 10.1 Å². The first-order valence-corrected chi connectivity index (χ1v) is 8.68. The van der Waals surface area contributed by atoms with E-state index in [0.29, 0.717) is 32.0 Å². The largest absolute Gasteiger partial charge is 0.388 e. The van der Waals surface area contributed by atoms with E-state index in [0.717, 1.165) is 17.7 Å². The smallest absolute Gasteiger partial charge is 0.317 e. The molecule has 1 aromatic carbocycles. The highest BCUT2D eigenvalue weighted by molar-refractivity contribution is 7.19. The number of rotatable bonds is 3. The number of likely N-dealkylation sites (tertiary alicyclic amines) is 1. The summed E-state index contributed by atoms with van der Waals surface area (Å²) in [5, 5.41) is 14.7. The highest BCUT2D eigenvalue weighted by Gasteiger charge is 2.48. The van der Waals surface area contributed by atoms with Crippen molar-refractivity contribution in [2.24, 2.45) is 5.92 Å². The first-order valence-electron chi connectivity index (χ1n) is 7.87. The molecule has 4 rings (SSSR count). The first kappa shape index (κ1) is 14.0. The molecule has 2 aromatic rings. The van der Waals surface area contributed by atoms with E-state index in [4.69, 9.17) is 0 Å². The molecule has 116 valence electrons. The summed E-state index contributed by atoms with van der Waals surface area (Å²) in [6.07, 6.45) is 2.93. The van der Waals surface area contributed by atoms with Crippen molar-refractivity contribution in [3.63, 3.8) is 0 Å². The minimum Gasteiger partial charge on any atom is -0.388 e. The molecule has 2 fully saturated rings. The van der Waals surface area contributed by atoms with Crippen molar-refractivity contribution in [2.45, 2.75) is 31.4 Å². The molecule has 1 aliphatic carbocycles. The molecular weight excluding hydrogens is 296 g/mol. The molecule has 1 atom stereocenters. The fourth-order valence-electron chi connectivity index (χ4n) is 3.34. The quantitative estimate of drug-likeness (QED) is 0.915. The molecule has 22 heavy (non-hydrogen) atoms. The van der Waals surface area contributed by atoms with Crippen molar-refractivity contribution in [1.82, 2.24) is 10.2 Å². The van der Waals surface area contributed by atoms with Crippen LogP contribution in [0.4, 0.5) is 4.79 Å². The standard InChI is InChI=1S/C17H20N2O2S/c20-16(19-8-7-17(21,11-19)13-5-6-13)18-10-14-9-12-3-1-2-4-15(12)22-14/h1-4,9,13,21H,5-8,10-11H2,(H,18,20). The number of nitrogens with zero attached hydrogens (tertiary/aromatic N) is 1. The van der Waals surface area contributed by atoms with Gasteiger partial charge in [0.05, 0.1) is 18.7 Å². The van der Waals surface area contributed by atoms with E-state index in [-0.39, 0.29) is 6.03 Å². The summed E-state index contributed by atoms with van der Waals surface area (Å²) in [5.74, 6) is 0.410. The molecule has 1 aliphatic heterocycles. The van der Waals surface area contributed by atoms with Gasteiger partial charge in [-0.25, -0.2) is 4.79 Å². The van der Waals surface area contributed by atoms with Gasteiger partial charge < -0.3 is 15.3 Å². The van der Waals surface area contributed by atoms with Gasteiger partial charge in [0.25, 0.3) is 0 Å². The van der Waals surface area contributed by atoms with E-state index in [9.17, 15) is 9.90 Å². The van der Waals surface area contributed by atoms with E-state index < -0.39 is 5.60 Å². The van der Waals surface area contributed by atoms with Crippen LogP contribution in [0.3, 0.4) is 0 Å². The number of carbonyl (C=O) groups is 1. The van der Waals surface area contributed by atoms with Crippen LogP contribution in [0.15, 0.2) is 30.3 Å². The Bertz CT molecular complexity index is 677. The molecule has 0 radical (unpaired) electrons. The zero-order valence-electron chi connectivity index (χ0n) is 12.4. The van der Waals surface area contributed by atoms with Crippen molar-refractivity contribution in [3.8, 4) is 0 Å². The van der Waals surface area contributed by atoms with Crippen LogP contribution in [0, 0.1) is 5.92 Å². The van der Waals surface area contributed by atoms with Gasteiger partial charge in [0.1, 0.15) is 0 Å². The number of urea groups is 1. The highest BCUT2D eigenvalue weighted by Crippen LogP contribution is 2.44. The average molecular weight is 316 g/mol. The van der Waals surface area contributed by atoms with Gasteiger partial charge in [-0.2, -0.15) is 0 Å². The monoisotopic (exact) mass is 316 g/mol. The predicted octanol–water partition coefficient (Wildman–Crippen LogP) is 2.96. The van der Waals surface area contributed by atoms with Gasteiger partial charge in [-0.05, 0) is 42.7 Å². The van der Waals surface area contributed by atoms with Crippen LogP contribution in [0.2, 0.25) is 0 Å². The molecule has 2 heterocycles. The van der Waals surface area contributed by atoms with Crippen LogP contribution in [0.25, 0.3) is 10.1 Å². The van der Waals surface area contributed by atoms with Gasteiger partial charge in [-0.15, -0.1) is 11.3 Å². The predicted molar refractivity (Wildman–Crippen MR) is 87.9 cm³/mol. The topological polar surface area (TPSA) is 52.6 Å². The van der Waals surface area contributed by atoms with Gasteiger partial charge in [0.2, 0.25) is 0 Å². The summed E-state index contributed by atoms with van der Waals surface area (Å²) in [6.45, 7) is 1.69. The number of aliphatic hydroxyl groups is 1. The van der Waals surface area contributed by atoms with Gasteiger partial charge in [-0.3, -0.25) is 0 Å². The third-order valence-corrected chi connectivity index (χ3v) is 5.91. The Morgan fingerprint density at radius 2 is 2.23 bits per heavy atom. The summed E-state index contributed by atoms with van der Waals surface area (Å²) in [5.41, 5.74) is -0.630. The molecule has 1 aromatic heterocycles. The third-order valence-electron chi connectivity index (χ3n) is 4.79. The van der Waals surface area contributed by atoms with Crippen molar-refractivity contribution in [2.75, 3.05) is 13.1 Å². The van der Waals surface area contributed by atoms with E-state index in [1.807, 2.05) is 12.1 Å². The second-order valence-corrected chi connectivity index (χ2v) is 7.63. The zero-order chi connectivity index (χ0) is 15.2. The fourth-order valence-corrected chi connectivity index (χ4v) is 4.35. The number of thiophene rings is 1. The first-order chi connectivity index (χ1) is 10.6. The molecule has 1 saturated heterocycles. The molecule has 4 nitrogen and oxygen atoms in total. The summed E-state index contributed by atoms with van der Waals surface area (Å²) in [6, 6.07) is 10.3. The number of nitrogens with one attached hydrogen (secondary N) is 1. The fraction of sp³-hybridized carbons (Fsp3) is 0.471. The van der Waals surface area contributed by atoms with Gasteiger partial charge in [0, 0.05) is 16.1 Å². The average Bonchev–Trinajstić information content (AvgIpc) is 3.19. The number of fused-ring (bicyclic) bond motifs is 1. The SMILES string of the molecule is O=C(NCc1cc2ccccc2s1)N1CCC(O)(C2CC2)C1. The molecule has 2 aliphatic rings. The number of hydrogen-bond acceptors (Lipinski definition) is 3. The summed E-state index contributed by atoms with van der Waals surface area (Å²) in [4.78, 5) is 15.2. The molecule has 0 bridgehead atoms. The van der Waals surface area contributed by atoms with Crippen LogP contribution in [0.1, 0.15) is 24.1 Å². The number of amides is 2. The maximum Gasteiger partial charge on any atom is 0.317 e. The molecule has 5 heteroatoms. The van der Waals surface area contributed by atoms with E-state index >= 15 is 0 Å². The lowest BCUT2D eigenvalue weighted by molar-refractivity contribution is 0.0301. The minimum absolute atomic E-state index is 0.0611. The normalized spacial score (nSPS) is 24.9. The van der Waals surface area contributed by atoms with Crippen LogP contribution >= 0.6 is 11.3 Å². The Balaban J connectivity index is 1.36. The second-order valence-electron chi connectivity index (χ2n) is 6.46. The van der Waals surface area contributed by atoms with Crippen molar-refractivity contribution < 1.29 is 9.90 Å². The van der Waals surface area contributed by atoms with Crippen molar-refractivity contribution >= 4 is 27.5 Å². The van der Waals surface area contributed by atoms with Gasteiger partial charge in [0.15, 0.2) is 0 Å². The summed E-state index contributed by atoms with van der Waals surface area (Å²) >= 11 is 1.71. The Labute approximate surface area is 133 Å². The minimum atomic E-state index is -0.630. The number of β-amino-alcohol motifs (C(OH)–C–C–N with tert-alkyl or cyclic N) is 1. The third kappa shape index (κ3) is 2.59. The molecule has 1 saturated carbocycles. The molecular formula is C17H20N2O2S. The van der Waals surface area contributed by atoms with Crippen molar-refractivity contribution in [3.05, 3.63) is 35.2 Å². The molecule has 1 unspecified atom stereocenters. The second kappa shape index (κ2) is 5.25. The Morgan fingerprint density at radius 1 is 1.41 bits per heavy atom. The lowest BCUT2D eigenvalue weighted by Crippen LogP contribution is -2.42. The van der Waals surface area contributed by atoms with Crippen molar-refractivity contribution in [1.29, 1.82) is 0 Å². The lowest BCUT2D eigenvalue weighted by atomic mass is 9.97. The van der Waals surface area contributed by atoms with Gasteiger partial charge in [-0.1, -0.05) is 18.2 Å². The molecule has 2 amide bonds. The van der Waals surface area contributed by atoms with Crippen LogP contribution in [-0.2, 0) is 6.54 Å². The zero-order valence-corrected chi connectivity index (χ0v) is 13.2. The number of hydrogen-bond donors (Lipinski definition) is 2. The Morgan fingerprint density at radius 3 is 3.00 bits per heavy atom. The van der Waals surface area contributed by atoms with Crippen LogP contribution in [0.5, 0.6) is 0 Å². The lowest BCUT2D eigenvalue weighted by Gasteiger charge is -2.23. The maximum absolute atomic E-state index is 12.3. The molecule has 0 spiro atoms. The number of benzene rings is 1. The summed E-state index contributed by atoms with van der Waals surface area (Å²) in [7, 11) is 0. The Hall–Kier alpha value is -1.59. The summed E-state index contributed by atoms with van der Waals surface area (Å²) < 4.78 is 1.25. The van der Waals surface area contributed by atoms with Crippen LogP contribution < -0.4 is 5.32 Å². The maximum atomic E-state index is 12.3. The highest BCUT2D eigenvalue weighted by atomic mass is 32.1. The van der Waals surface area contributed by atoms with E-state index in [2.05, 4.69) is 23.5 Å². The number of carbonyl (C=O) groups excluding carboxylic acids is 1. The van der Waals surface area contributed by atoms with E-state index in [1.54, 1.807) is 16.2 Å². The van der Waals surface area contributed by atoms with Gasteiger partial charge >= 0.3 is 6.03 Å². The Kier molecular flexibility index (Phi) is 3.35. The van der Waals surface area contributed by atoms with Crippen LogP contribution in [-0.4, -0.2) is 34.7 Å². The molecule has 2 N–H and O–H groups in total.